The molecule has 0 unspecified atom stereocenters. The van der Waals surface area contributed by atoms with E-state index in [2.05, 4.69) is 35.9 Å². The fraction of sp³-hybridized carbons (Fsp3) is 0.300. The summed E-state index contributed by atoms with van der Waals surface area (Å²) in [6.45, 7) is 7.70. The largest absolute Gasteiger partial charge is 0.488 e. The van der Waals surface area contributed by atoms with E-state index in [1.165, 1.54) is 12.1 Å². The number of halogens is 1. The Hall–Kier alpha value is -3.68. The van der Waals surface area contributed by atoms with Crippen LogP contribution in [0.15, 0.2) is 65.5 Å². The minimum absolute atomic E-state index is 0.108. The van der Waals surface area contributed by atoms with Gasteiger partial charge >= 0.3 is 5.69 Å². The third-order valence-electron chi connectivity index (χ3n) is 7.17. The molecule has 1 aromatic heterocycles. The molecule has 6 nitrogen and oxygen atoms in total. The Balaban J connectivity index is 1.35. The minimum atomic E-state index is -0.328. The Kier molecular flexibility index (Phi) is 6.18. The quantitative estimate of drug-likeness (QED) is 0.427. The van der Waals surface area contributed by atoms with Crippen molar-refractivity contribution in [2.45, 2.75) is 39.2 Å². The summed E-state index contributed by atoms with van der Waals surface area (Å²) >= 11 is 0. The van der Waals surface area contributed by atoms with Crippen molar-refractivity contribution < 1.29 is 13.9 Å². The average molecular weight is 500 g/mol. The number of aromatic nitrogens is 2. The van der Waals surface area contributed by atoms with Gasteiger partial charge in [0.2, 0.25) is 0 Å². The number of fused-ring (bicyclic) bond motifs is 3. The summed E-state index contributed by atoms with van der Waals surface area (Å²) in [5.74, 6) is 0.195. The lowest BCUT2D eigenvalue weighted by Crippen LogP contribution is -2.46. The van der Waals surface area contributed by atoms with Gasteiger partial charge in [0.15, 0.2) is 0 Å². The van der Waals surface area contributed by atoms with Crippen LogP contribution in [0.3, 0.4) is 0 Å². The van der Waals surface area contributed by atoms with Crippen LogP contribution < -0.4 is 10.4 Å². The first kappa shape index (κ1) is 23.7. The van der Waals surface area contributed by atoms with Gasteiger partial charge in [-0.15, -0.1) is 0 Å². The molecule has 3 aromatic carbocycles. The van der Waals surface area contributed by atoms with E-state index < -0.39 is 0 Å². The first-order chi connectivity index (χ1) is 17.9. The molecule has 0 bridgehead atoms. The Morgan fingerprint density at radius 1 is 1.00 bits per heavy atom. The van der Waals surface area contributed by atoms with Crippen molar-refractivity contribution in [3.63, 3.8) is 0 Å². The lowest BCUT2D eigenvalue weighted by molar-refractivity contribution is -0.0685. The van der Waals surface area contributed by atoms with Gasteiger partial charge in [-0.25, -0.2) is 9.18 Å². The lowest BCUT2D eigenvalue weighted by Gasteiger charge is -2.35. The molecule has 0 aliphatic carbocycles. The molecule has 7 heteroatoms. The van der Waals surface area contributed by atoms with Crippen LogP contribution in [0.1, 0.15) is 36.1 Å². The topological polar surface area (TPSA) is 59.5 Å². The van der Waals surface area contributed by atoms with Gasteiger partial charge in [-0.2, -0.15) is 0 Å². The Morgan fingerprint density at radius 2 is 1.81 bits per heavy atom. The fourth-order valence-electron chi connectivity index (χ4n) is 5.57. The highest BCUT2D eigenvalue weighted by molar-refractivity contribution is 5.95. The summed E-state index contributed by atoms with van der Waals surface area (Å²) in [5.41, 5.74) is 6.40. The van der Waals surface area contributed by atoms with E-state index in [0.29, 0.717) is 18.9 Å². The molecule has 2 atom stereocenters. The number of nitrogens with one attached hydrogen (secondary N) is 1. The van der Waals surface area contributed by atoms with Crippen LogP contribution in [0.4, 0.5) is 4.39 Å². The molecular formula is C30H30FN3O3. The number of H-pyrrole nitrogens is 1. The van der Waals surface area contributed by atoms with Crippen LogP contribution >= 0.6 is 0 Å². The number of hydrogen-bond donors (Lipinski definition) is 1. The van der Waals surface area contributed by atoms with Crippen molar-refractivity contribution in [1.29, 1.82) is 0 Å². The summed E-state index contributed by atoms with van der Waals surface area (Å²) in [6, 6.07) is 18.7. The molecule has 2 aliphatic heterocycles. The SMILES string of the molecule is C[C@@H]1CN(CCn2c(=O)[nH]c3cc(/C=C4\c5ccccc5COc5cc(F)ccc54)ccc32)C[C@H](C)O1. The maximum atomic E-state index is 14.0. The highest BCUT2D eigenvalue weighted by atomic mass is 19.1. The van der Waals surface area contributed by atoms with Crippen LogP contribution in [0.2, 0.25) is 0 Å². The number of imidazole rings is 1. The van der Waals surface area contributed by atoms with Gasteiger partial charge in [0.25, 0.3) is 0 Å². The minimum Gasteiger partial charge on any atom is -0.488 e. The summed E-state index contributed by atoms with van der Waals surface area (Å²) in [5, 5.41) is 0. The molecule has 2 aliphatic rings. The van der Waals surface area contributed by atoms with Crippen molar-refractivity contribution in [2.24, 2.45) is 0 Å². The molecule has 3 heterocycles. The Morgan fingerprint density at radius 3 is 2.65 bits per heavy atom. The number of rotatable bonds is 4. The Bertz CT molecular complexity index is 1540. The van der Waals surface area contributed by atoms with E-state index in [1.807, 2.05) is 41.0 Å². The number of morpholine rings is 1. The molecule has 1 fully saturated rings. The van der Waals surface area contributed by atoms with Crippen LogP contribution in [-0.4, -0.2) is 46.3 Å². The maximum absolute atomic E-state index is 14.0. The second kappa shape index (κ2) is 9.65. The van der Waals surface area contributed by atoms with Crippen molar-refractivity contribution in [2.75, 3.05) is 19.6 Å². The van der Waals surface area contributed by atoms with Crippen molar-refractivity contribution >= 4 is 22.7 Å². The first-order valence-corrected chi connectivity index (χ1v) is 12.8. The van der Waals surface area contributed by atoms with E-state index in [4.69, 9.17) is 9.47 Å². The predicted octanol–water partition coefficient (Wildman–Crippen LogP) is 5.06. The highest BCUT2D eigenvalue weighted by Gasteiger charge is 2.23. The molecule has 1 saturated heterocycles. The zero-order chi connectivity index (χ0) is 25.5. The van der Waals surface area contributed by atoms with Crippen molar-refractivity contribution in [1.82, 2.24) is 14.5 Å². The van der Waals surface area contributed by atoms with Gasteiger partial charge in [-0.05, 0) is 66.5 Å². The molecule has 190 valence electrons. The van der Waals surface area contributed by atoms with E-state index in [0.717, 1.165) is 58.5 Å². The number of hydrogen-bond acceptors (Lipinski definition) is 4. The molecule has 0 saturated carbocycles. The van der Waals surface area contributed by atoms with E-state index in [1.54, 1.807) is 6.07 Å². The number of benzene rings is 3. The molecule has 4 aromatic rings. The third kappa shape index (κ3) is 4.72. The van der Waals surface area contributed by atoms with E-state index >= 15 is 0 Å². The third-order valence-corrected chi connectivity index (χ3v) is 7.17. The smallest absolute Gasteiger partial charge is 0.326 e. The first-order valence-electron chi connectivity index (χ1n) is 12.8. The van der Waals surface area contributed by atoms with E-state index in [9.17, 15) is 9.18 Å². The number of aromatic amines is 1. The number of nitrogens with zero attached hydrogens (tertiary/aromatic N) is 2. The van der Waals surface area contributed by atoms with Gasteiger partial charge in [0, 0.05) is 37.8 Å². The van der Waals surface area contributed by atoms with Gasteiger partial charge in [0.1, 0.15) is 18.2 Å². The molecule has 0 amide bonds. The zero-order valence-corrected chi connectivity index (χ0v) is 21.0. The van der Waals surface area contributed by atoms with Gasteiger partial charge in [-0.1, -0.05) is 30.3 Å². The van der Waals surface area contributed by atoms with Crippen molar-refractivity contribution in [3.05, 3.63) is 99.2 Å². The van der Waals surface area contributed by atoms with Crippen LogP contribution in [-0.2, 0) is 17.9 Å². The summed E-state index contributed by atoms with van der Waals surface area (Å²) in [4.78, 5) is 18.2. The normalized spacial score (nSPS) is 20.9. The Labute approximate surface area is 214 Å². The molecule has 1 N–H and O–H groups in total. The monoisotopic (exact) mass is 499 g/mol. The highest BCUT2D eigenvalue weighted by Crippen LogP contribution is 2.38. The molecular weight excluding hydrogens is 469 g/mol. The van der Waals surface area contributed by atoms with Gasteiger partial charge in [0.05, 0.1) is 23.2 Å². The van der Waals surface area contributed by atoms with Crippen LogP contribution in [0.5, 0.6) is 5.75 Å². The van der Waals surface area contributed by atoms with Gasteiger partial charge in [-0.3, -0.25) is 9.47 Å². The van der Waals surface area contributed by atoms with Gasteiger partial charge < -0.3 is 14.5 Å². The predicted molar refractivity (Wildman–Crippen MR) is 143 cm³/mol. The second-order valence-corrected chi connectivity index (χ2v) is 10.0. The summed E-state index contributed by atoms with van der Waals surface area (Å²) in [6.07, 6.45) is 2.47. The molecule has 0 spiro atoms. The van der Waals surface area contributed by atoms with Crippen LogP contribution in [0, 0.1) is 5.82 Å². The standard InChI is InChI=1S/C30H30FN3O3/c1-19-16-33(17-20(2)37-19)11-12-34-28-10-7-21(14-27(28)32-30(34)35)13-26-24-6-4-3-5-22(24)18-36-29-15-23(31)8-9-25(26)29/h3-10,13-15,19-20H,11-12,16-18H2,1-2H3,(H,32,35)/b26-13+/t19-,20+. The number of ether oxygens (including phenoxy) is 2. The fourth-order valence-corrected chi connectivity index (χ4v) is 5.57. The molecule has 6 rings (SSSR count). The van der Waals surface area contributed by atoms with Crippen LogP contribution in [0.25, 0.3) is 22.7 Å². The molecule has 0 radical (unpaired) electrons. The van der Waals surface area contributed by atoms with Crippen molar-refractivity contribution in [3.8, 4) is 5.75 Å². The zero-order valence-electron chi connectivity index (χ0n) is 21.0. The lowest BCUT2D eigenvalue weighted by atomic mass is 9.92. The molecule has 37 heavy (non-hydrogen) atoms. The summed E-state index contributed by atoms with van der Waals surface area (Å²) in [7, 11) is 0. The second-order valence-electron chi connectivity index (χ2n) is 10.0. The van der Waals surface area contributed by atoms with E-state index in [-0.39, 0.29) is 23.7 Å². The maximum Gasteiger partial charge on any atom is 0.326 e. The summed E-state index contributed by atoms with van der Waals surface area (Å²) < 4.78 is 27.6. The average Bonchev–Trinajstić information content (AvgIpc) is 3.10.